The van der Waals surface area contributed by atoms with Gasteiger partial charge in [-0.15, -0.1) is 45.8 Å². The molecule has 180 valence electrons. The molecule has 0 radical (unpaired) electrons. The van der Waals surface area contributed by atoms with E-state index < -0.39 is 34.9 Å². The third kappa shape index (κ3) is 4.20. The average molecular weight is 568 g/mol. The number of thiophene rings is 1. The summed E-state index contributed by atoms with van der Waals surface area (Å²) in [5.74, 6) is -2.47. The van der Waals surface area contributed by atoms with E-state index in [4.69, 9.17) is 5.73 Å². The molecular formula is C19H13N5O6S5. The number of hydrogen-bond donors (Lipinski definition) is 4. The zero-order valence-electron chi connectivity index (χ0n) is 17.2. The predicted molar refractivity (Wildman–Crippen MR) is 136 cm³/mol. The Bertz CT molecular complexity index is 1510. The third-order valence-electron chi connectivity index (χ3n) is 5.04. The number of thiazole rings is 1. The van der Waals surface area contributed by atoms with Crippen LogP contribution in [0.4, 0.5) is 5.13 Å². The summed E-state index contributed by atoms with van der Waals surface area (Å²) in [5, 5.41) is 27.4. The number of fused-ring (bicyclic) bond motifs is 2. The summed E-state index contributed by atoms with van der Waals surface area (Å²) >= 11 is 6.21. The number of nitrogens with zero attached hydrogens (tertiary/aromatic N) is 3. The van der Waals surface area contributed by atoms with Gasteiger partial charge in [0.15, 0.2) is 16.3 Å². The first-order valence-electron chi connectivity index (χ1n) is 9.63. The van der Waals surface area contributed by atoms with Crippen LogP contribution in [0.25, 0.3) is 9.40 Å². The lowest BCUT2D eigenvalue weighted by Crippen LogP contribution is -2.71. The molecule has 16 heteroatoms. The summed E-state index contributed by atoms with van der Waals surface area (Å²) in [6.07, 6.45) is 0. The summed E-state index contributed by atoms with van der Waals surface area (Å²) in [4.78, 5) is 55.4. The lowest BCUT2D eigenvalue weighted by Gasteiger charge is -2.49. The molecule has 3 aromatic heterocycles. The molecule has 2 atom stereocenters. The van der Waals surface area contributed by atoms with Gasteiger partial charge < -0.3 is 21.4 Å². The first-order valence-corrected chi connectivity index (χ1v) is 14.1. The molecule has 2 aliphatic heterocycles. The van der Waals surface area contributed by atoms with Crippen molar-refractivity contribution in [3.8, 4) is 0 Å². The van der Waals surface area contributed by atoms with Crippen molar-refractivity contribution in [1.29, 1.82) is 0 Å². The second kappa shape index (κ2) is 9.27. The monoisotopic (exact) mass is 567 g/mol. The van der Waals surface area contributed by atoms with Gasteiger partial charge in [-0.3, -0.25) is 19.3 Å². The molecule has 0 aromatic carbocycles. The van der Waals surface area contributed by atoms with Crippen LogP contribution in [0, 0.1) is 0 Å². The summed E-state index contributed by atoms with van der Waals surface area (Å²) in [5.41, 5.74) is 4.89. The zero-order valence-corrected chi connectivity index (χ0v) is 21.2. The Morgan fingerprint density at radius 1 is 1.31 bits per heavy atom. The van der Waals surface area contributed by atoms with Crippen molar-refractivity contribution < 1.29 is 24.7 Å². The zero-order chi connectivity index (χ0) is 24.9. The number of nitrogen functional groups attached to an aromatic ring is 1. The van der Waals surface area contributed by atoms with Gasteiger partial charge in [0.05, 0.1) is 13.6 Å². The summed E-state index contributed by atoms with van der Waals surface area (Å²) < 4.78 is 2.08. The van der Waals surface area contributed by atoms with Crippen molar-refractivity contribution in [2.75, 3.05) is 11.5 Å². The van der Waals surface area contributed by atoms with Crippen LogP contribution in [0.3, 0.4) is 0 Å². The van der Waals surface area contributed by atoms with Gasteiger partial charge in [-0.05, 0) is 11.4 Å². The van der Waals surface area contributed by atoms with Crippen LogP contribution < -0.4 is 16.5 Å². The Labute approximate surface area is 216 Å². The molecular weight excluding hydrogens is 555 g/mol. The van der Waals surface area contributed by atoms with E-state index in [1.807, 2.05) is 11.4 Å². The normalized spacial score (nSPS) is 20.1. The fourth-order valence-corrected chi connectivity index (χ4v) is 8.91. The number of nitrogens with two attached hydrogens (primary N) is 1. The number of carboxylic acids is 1. The Balaban J connectivity index is 1.37. The lowest BCUT2D eigenvalue weighted by molar-refractivity contribution is -0.150. The number of nitrogens with one attached hydrogen (secondary N) is 1. The second-order valence-electron chi connectivity index (χ2n) is 7.10. The van der Waals surface area contributed by atoms with E-state index in [9.17, 15) is 29.5 Å². The highest BCUT2D eigenvalue weighted by atomic mass is 32.2. The minimum absolute atomic E-state index is 0.0545. The number of thioether (sulfide) groups is 2. The van der Waals surface area contributed by atoms with Gasteiger partial charge in [0, 0.05) is 22.1 Å². The van der Waals surface area contributed by atoms with Crippen LogP contribution in [0.1, 0.15) is 5.69 Å². The Morgan fingerprint density at radius 3 is 2.80 bits per heavy atom. The van der Waals surface area contributed by atoms with Crippen molar-refractivity contribution in [2.24, 2.45) is 5.16 Å². The van der Waals surface area contributed by atoms with Crippen molar-refractivity contribution >= 4 is 95.6 Å². The number of amides is 2. The maximum absolute atomic E-state index is 12.9. The number of rotatable bonds is 6. The van der Waals surface area contributed by atoms with E-state index in [0.717, 1.165) is 32.7 Å². The molecule has 3 aromatic rings. The summed E-state index contributed by atoms with van der Waals surface area (Å²) in [6, 6.07) is 2.29. The number of aliphatic carboxylic acids is 1. The maximum atomic E-state index is 12.9. The van der Waals surface area contributed by atoms with E-state index in [2.05, 4.69) is 15.5 Å². The smallest absolute Gasteiger partial charge is 0.353 e. The van der Waals surface area contributed by atoms with Gasteiger partial charge in [-0.2, -0.15) is 0 Å². The largest absolute Gasteiger partial charge is 0.477 e. The van der Waals surface area contributed by atoms with E-state index in [-0.39, 0.29) is 27.7 Å². The van der Waals surface area contributed by atoms with Crippen LogP contribution in [0.2, 0.25) is 0 Å². The van der Waals surface area contributed by atoms with Crippen molar-refractivity contribution in [1.82, 2.24) is 15.2 Å². The molecule has 0 aliphatic carbocycles. The molecule has 1 saturated heterocycles. The number of anilines is 1. The van der Waals surface area contributed by atoms with Gasteiger partial charge in [-0.25, -0.2) is 9.78 Å². The van der Waals surface area contributed by atoms with E-state index in [1.54, 1.807) is 0 Å². The first-order chi connectivity index (χ1) is 16.8. The highest BCUT2D eigenvalue weighted by Crippen LogP contribution is 2.46. The molecule has 2 amide bonds. The lowest BCUT2D eigenvalue weighted by atomic mass is 10.0. The van der Waals surface area contributed by atoms with E-state index in [1.165, 1.54) is 45.9 Å². The number of carbonyl (C=O) groups excluding carboxylic acids is 2. The van der Waals surface area contributed by atoms with Crippen LogP contribution in [-0.4, -0.2) is 60.9 Å². The number of carbonyl (C=O) groups is 3. The third-order valence-corrected chi connectivity index (χ3v) is 10.5. The Morgan fingerprint density at radius 2 is 2.11 bits per heavy atom. The molecule has 0 bridgehead atoms. The minimum Gasteiger partial charge on any atom is -0.477 e. The highest BCUT2D eigenvalue weighted by molar-refractivity contribution is 8.07. The average Bonchev–Trinajstić information content (AvgIpc) is 3.47. The molecule has 5 rings (SSSR count). The van der Waals surface area contributed by atoms with Gasteiger partial charge in [0.25, 0.3) is 11.8 Å². The number of oxime groups is 1. The van der Waals surface area contributed by atoms with Crippen molar-refractivity contribution in [3.05, 3.63) is 49.4 Å². The fourth-order valence-electron chi connectivity index (χ4n) is 3.53. The van der Waals surface area contributed by atoms with Crippen LogP contribution in [-0.2, 0) is 14.4 Å². The SMILES string of the molecule is Nc1nc(C(=NO)C(=O)NC2C(=O)N3C(C(=O)O)=C(Sc4cc(=O)c5sccc5s4)CS[C@@H]23)cs1. The highest BCUT2D eigenvalue weighted by Gasteiger charge is 2.54. The summed E-state index contributed by atoms with van der Waals surface area (Å²) in [7, 11) is 0. The molecule has 5 N–H and O–H groups in total. The topological polar surface area (TPSA) is 175 Å². The Hall–Kier alpha value is -2.92. The van der Waals surface area contributed by atoms with Crippen LogP contribution in [0.15, 0.2) is 47.7 Å². The quantitative estimate of drug-likeness (QED) is 0.149. The number of aromatic nitrogens is 1. The molecule has 11 nitrogen and oxygen atoms in total. The fraction of sp³-hybridized carbons (Fsp3) is 0.158. The predicted octanol–water partition coefficient (Wildman–Crippen LogP) is 2.03. The number of carboxylic acid groups (broad SMARTS) is 1. The van der Waals surface area contributed by atoms with Gasteiger partial charge in [0.1, 0.15) is 22.8 Å². The molecule has 0 spiro atoms. The van der Waals surface area contributed by atoms with Crippen LogP contribution in [0.5, 0.6) is 0 Å². The molecule has 1 fully saturated rings. The van der Waals surface area contributed by atoms with Gasteiger partial charge in [0.2, 0.25) is 0 Å². The molecule has 1 unspecified atom stereocenters. The molecule has 0 saturated carbocycles. The Kier molecular flexibility index (Phi) is 6.30. The standard InChI is InChI=1S/C19H13N5O6S5/c20-19-21-6(4-33-19)11(23-30)15(26)22-12-16(27)24-13(18(28)29)9(5-32-17(12)24)35-10-3-7(25)14-8(34-10)1-2-31-14/h1-4,12,17,30H,5H2,(H2,20,21)(H,22,26)(H,28,29)/t12?,17-/m0/s1. The van der Waals surface area contributed by atoms with E-state index in [0.29, 0.717) is 13.8 Å². The molecule has 35 heavy (non-hydrogen) atoms. The van der Waals surface area contributed by atoms with Gasteiger partial charge >= 0.3 is 5.97 Å². The molecule has 2 aliphatic rings. The number of β-lactam (4-membered cyclic amide) rings is 1. The molecule has 5 heterocycles. The number of hydrogen-bond acceptors (Lipinski definition) is 13. The van der Waals surface area contributed by atoms with Crippen molar-refractivity contribution in [3.63, 3.8) is 0 Å². The van der Waals surface area contributed by atoms with E-state index >= 15 is 0 Å². The van der Waals surface area contributed by atoms with Crippen molar-refractivity contribution in [2.45, 2.75) is 15.6 Å². The summed E-state index contributed by atoms with van der Waals surface area (Å²) in [6.45, 7) is 0. The second-order valence-corrected chi connectivity index (χ2v) is 12.5. The first kappa shape index (κ1) is 23.8. The minimum atomic E-state index is -1.28. The van der Waals surface area contributed by atoms with Gasteiger partial charge in [-0.1, -0.05) is 16.9 Å². The van der Waals surface area contributed by atoms with Crippen LogP contribution >= 0.6 is 57.5 Å². The maximum Gasteiger partial charge on any atom is 0.353 e.